The fourth-order valence-corrected chi connectivity index (χ4v) is 9.99. The Morgan fingerprint density at radius 2 is 2.05 bits per heavy atom. The van der Waals surface area contributed by atoms with Gasteiger partial charge in [0.25, 0.3) is 5.91 Å². The molecule has 3 unspecified atom stereocenters. The van der Waals surface area contributed by atoms with Crippen molar-refractivity contribution in [1.82, 2.24) is 4.90 Å². The summed E-state index contributed by atoms with van der Waals surface area (Å²) in [7, 11) is 0. The summed E-state index contributed by atoms with van der Waals surface area (Å²) in [6.45, 7) is 6.64. The second-order valence-electron chi connectivity index (χ2n) is 9.77. The number of hydrogen-bond donors (Lipinski definition) is 1. The molecular formula is C27H34BrClN2O5S. The van der Waals surface area contributed by atoms with E-state index in [1.165, 1.54) is 0 Å². The van der Waals surface area contributed by atoms with Crippen LogP contribution in [-0.4, -0.2) is 75.0 Å². The Bertz CT molecular complexity index is 1040. The van der Waals surface area contributed by atoms with Crippen LogP contribution in [0.2, 0.25) is 5.02 Å². The van der Waals surface area contributed by atoms with Crippen molar-refractivity contribution in [2.45, 2.75) is 59.9 Å². The Labute approximate surface area is 236 Å². The number of anilines is 1. The maximum absolute atomic E-state index is 14.5. The summed E-state index contributed by atoms with van der Waals surface area (Å²) in [4.78, 5) is 44.9. The number of rotatable bonds is 12. The first kappa shape index (κ1) is 28.5. The maximum Gasteiger partial charge on any atom is 0.310 e. The molecule has 0 radical (unpaired) electrons. The zero-order valence-corrected chi connectivity index (χ0v) is 24.1. The number of alkyl halides is 1. The van der Waals surface area contributed by atoms with E-state index in [-0.39, 0.29) is 47.6 Å². The summed E-state index contributed by atoms with van der Waals surface area (Å²) in [6, 6.07) is 6.42. The Morgan fingerprint density at radius 3 is 2.73 bits per heavy atom. The number of carbonyl (C=O) groups is 3. The Morgan fingerprint density at radius 1 is 1.32 bits per heavy atom. The van der Waals surface area contributed by atoms with Gasteiger partial charge in [-0.15, -0.1) is 18.3 Å². The number of likely N-dealkylation sites (tertiary alicyclic amines) is 1. The van der Waals surface area contributed by atoms with Crippen molar-refractivity contribution in [3.8, 4) is 0 Å². The highest BCUT2D eigenvalue weighted by atomic mass is 79.9. The topological polar surface area (TPSA) is 87.2 Å². The highest BCUT2D eigenvalue weighted by Gasteiger charge is 2.76. The Kier molecular flexibility index (Phi) is 9.30. The molecule has 6 atom stereocenters. The van der Waals surface area contributed by atoms with Crippen LogP contribution >= 0.6 is 39.3 Å². The maximum atomic E-state index is 14.5. The van der Waals surface area contributed by atoms with E-state index in [4.69, 9.17) is 21.4 Å². The van der Waals surface area contributed by atoms with E-state index in [2.05, 4.69) is 22.5 Å². The molecular weight excluding hydrogens is 580 g/mol. The largest absolute Gasteiger partial charge is 0.466 e. The molecule has 0 aromatic heterocycles. The van der Waals surface area contributed by atoms with Gasteiger partial charge in [0.15, 0.2) is 0 Å². The number of esters is 1. The first-order valence-corrected chi connectivity index (χ1v) is 15.1. The van der Waals surface area contributed by atoms with Crippen molar-refractivity contribution < 1.29 is 24.2 Å². The third-order valence-electron chi connectivity index (χ3n) is 7.61. The van der Waals surface area contributed by atoms with Gasteiger partial charge in [-0.05, 0) is 38.3 Å². The molecule has 1 aromatic carbocycles. The van der Waals surface area contributed by atoms with E-state index in [0.29, 0.717) is 36.5 Å². The Balaban J connectivity index is 1.74. The predicted octanol–water partition coefficient (Wildman–Crippen LogP) is 4.44. The summed E-state index contributed by atoms with van der Waals surface area (Å²) in [5, 5.41) is 9.43. The normalized spacial score (nSPS) is 29.9. The molecule has 202 valence electrons. The van der Waals surface area contributed by atoms with Gasteiger partial charge in [0.1, 0.15) is 6.04 Å². The first-order chi connectivity index (χ1) is 17.8. The smallest absolute Gasteiger partial charge is 0.310 e. The van der Waals surface area contributed by atoms with E-state index in [9.17, 15) is 14.4 Å². The predicted molar refractivity (Wildman–Crippen MR) is 150 cm³/mol. The zero-order chi connectivity index (χ0) is 26.7. The van der Waals surface area contributed by atoms with Crippen molar-refractivity contribution in [3.63, 3.8) is 0 Å². The molecule has 0 saturated carbocycles. The molecule has 2 amide bonds. The van der Waals surface area contributed by atoms with Crippen LogP contribution in [0.3, 0.4) is 0 Å². The van der Waals surface area contributed by atoms with Crippen molar-refractivity contribution in [2.24, 2.45) is 11.8 Å². The van der Waals surface area contributed by atoms with Crippen LogP contribution < -0.4 is 4.90 Å². The van der Waals surface area contributed by atoms with E-state index in [1.807, 2.05) is 12.1 Å². The first-order valence-electron chi connectivity index (χ1n) is 12.9. The molecule has 37 heavy (non-hydrogen) atoms. The van der Waals surface area contributed by atoms with E-state index < -0.39 is 22.6 Å². The van der Waals surface area contributed by atoms with Gasteiger partial charge in [-0.3, -0.25) is 14.4 Å². The number of fused-ring (bicyclic) bond motifs is 1. The van der Waals surface area contributed by atoms with Crippen molar-refractivity contribution >= 4 is 62.8 Å². The van der Waals surface area contributed by atoms with Crippen LogP contribution in [0.4, 0.5) is 5.69 Å². The molecule has 7 nitrogen and oxygen atoms in total. The van der Waals surface area contributed by atoms with Gasteiger partial charge in [0.2, 0.25) is 5.91 Å². The van der Waals surface area contributed by atoms with Crippen LogP contribution in [0.5, 0.6) is 0 Å². The third-order valence-corrected chi connectivity index (χ3v) is 11.1. The molecule has 1 aromatic rings. The highest BCUT2D eigenvalue weighted by Crippen LogP contribution is 2.68. The van der Waals surface area contributed by atoms with E-state index >= 15 is 0 Å². The SMILES string of the molecule is C=CCN(C(=O)C1N(CCCCCCO)C(=O)[C@@H]2[C@H](C(=O)OCC)[C@H]3SC12CC3Br)c1ccccc1Cl. The van der Waals surface area contributed by atoms with Gasteiger partial charge in [0.05, 0.1) is 33.9 Å². The lowest BCUT2D eigenvalue weighted by atomic mass is 9.71. The Hall–Kier alpha value is -1.55. The molecule has 3 fully saturated rings. The summed E-state index contributed by atoms with van der Waals surface area (Å²) >= 11 is 11.9. The summed E-state index contributed by atoms with van der Waals surface area (Å²) < 4.78 is 4.67. The number of ether oxygens (including phenoxy) is 1. The van der Waals surface area contributed by atoms with E-state index in [0.717, 1.165) is 12.8 Å². The fraction of sp³-hybridized carbons (Fsp3) is 0.593. The molecule has 2 bridgehead atoms. The number of aliphatic hydroxyl groups excluding tert-OH is 1. The molecule has 3 aliphatic rings. The lowest BCUT2D eigenvalue weighted by molar-refractivity contribution is -0.153. The summed E-state index contributed by atoms with van der Waals surface area (Å²) in [6.07, 6.45) is 5.36. The van der Waals surface area contributed by atoms with Gasteiger partial charge < -0.3 is 19.6 Å². The lowest BCUT2D eigenvalue weighted by Gasteiger charge is -2.38. The number of carbonyl (C=O) groups excluding carboxylic acids is 3. The number of aliphatic hydroxyl groups is 1. The molecule has 1 spiro atoms. The summed E-state index contributed by atoms with van der Waals surface area (Å²) in [5.41, 5.74) is 0.569. The van der Waals surface area contributed by atoms with Crippen molar-refractivity contribution in [2.75, 3.05) is 31.2 Å². The van der Waals surface area contributed by atoms with Crippen molar-refractivity contribution in [1.29, 1.82) is 0 Å². The van der Waals surface area contributed by atoms with Crippen LogP contribution in [0.15, 0.2) is 36.9 Å². The summed E-state index contributed by atoms with van der Waals surface area (Å²) in [5.74, 6) is -1.94. The molecule has 1 N–H and O–H groups in total. The molecule has 4 rings (SSSR count). The average molecular weight is 614 g/mol. The number of halogens is 2. The van der Waals surface area contributed by atoms with Gasteiger partial charge in [-0.25, -0.2) is 0 Å². The minimum Gasteiger partial charge on any atom is -0.466 e. The number of para-hydroxylation sites is 1. The highest BCUT2D eigenvalue weighted by molar-refractivity contribution is 9.09. The van der Waals surface area contributed by atoms with Gasteiger partial charge in [-0.2, -0.15) is 0 Å². The van der Waals surface area contributed by atoms with Crippen LogP contribution in [-0.2, 0) is 19.1 Å². The number of nitrogens with zero attached hydrogens (tertiary/aromatic N) is 2. The average Bonchev–Trinajstić information content (AvgIpc) is 3.46. The number of amides is 2. The van der Waals surface area contributed by atoms with Crippen LogP contribution in [0.1, 0.15) is 39.0 Å². The molecule has 3 heterocycles. The molecule has 0 aliphatic carbocycles. The minimum absolute atomic E-state index is 0.0103. The number of thioether (sulfide) groups is 1. The molecule has 3 aliphatic heterocycles. The van der Waals surface area contributed by atoms with Gasteiger partial charge in [-0.1, -0.05) is 58.6 Å². The second-order valence-corrected chi connectivity index (χ2v) is 12.9. The standard InChI is InChI=1S/C27H34BrClN2O5S/c1-3-13-30(19-12-8-7-11-18(19)29)25(34)23-27-16-17(28)22(37-27)20(26(35)36-4-2)21(27)24(33)31(23)14-9-5-6-10-15-32/h3,7-8,11-12,17,20-23,32H,1,4-6,9-10,13-16H2,2H3/t17?,20-,21-,22-,23?,27?/m0/s1. The van der Waals surface area contributed by atoms with Crippen LogP contribution in [0, 0.1) is 11.8 Å². The molecule has 10 heteroatoms. The monoisotopic (exact) mass is 612 g/mol. The number of unbranched alkanes of at least 4 members (excludes halogenated alkanes) is 3. The van der Waals surface area contributed by atoms with Gasteiger partial charge >= 0.3 is 5.97 Å². The zero-order valence-electron chi connectivity index (χ0n) is 21.0. The third kappa shape index (κ3) is 5.09. The van der Waals surface area contributed by atoms with Gasteiger partial charge in [0, 0.05) is 29.8 Å². The second kappa shape index (κ2) is 12.1. The van der Waals surface area contributed by atoms with E-state index in [1.54, 1.807) is 46.7 Å². The van der Waals surface area contributed by atoms with Crippen LogP contribution in [0.25, 0.3) is 0 Å². The number of benzene rings is 1. The quantitative estimate of drug-likeness (QED) is 0.162. The number of hydrogen-bond acceptors (Lipinski definition) is 6. The minimum atomic E-state index is -0.742. The van der Waals surface area contributed by atoms with Crippen molar-refractivity contribution in [3.05, 3.63) is 41.9 Å². The molecule has 3 saturated heterocycles. The fourth-order valence-electron chi connectivity index (χ4n) is 6.16. The lowest BCUT2D eigenvalue weighted by Crippen LogP contribution is -2.55.